The van der Waals surface area contributed by atoms with Gasteiger partial charge in [0.25, 0.3) is 0 Å². The first-order chi connectivity index (χ1) is 8.56. The van der Waals surface area contributed by atoms with Gasteiger partial charge in [0.15, 0.2) is 0 Å². The van der Waals surface area contributed by atoms with Crippen LogP contribution in [0.15, 0.2) is 12.4 Å². The third kappa shape index (κ3) is 3.72. The molecule has 8 heteroatoms. The quantitative estimate of drug-likeness (QED) is 0.732. The van der Waals surface area contributed by atoms with E-state index in [2.05, 4.69) is 15.6 Å². The third-order valence-corrected chi connectivity index (χ3v) is 2.55. The van der Waals surface area contributed by atoms with Crippen molar-refractivity contribution in [3.63, 3.8) is 0 Å². The minimum absolute atomic E-state index is 0.363. The summed E-state index contributed by atoms with van der Waals surface area (Å²) in [7, 11) is 1.47. The van der Waals surface area contributed by atoms with Crippen LogP contribution in [0.2, 0.25) is 0 Å². The average molecular weight is 255 g/mol. The molecule has 0 fully saturated rings. The highest BCUT2D eigenvalue weighted by atomic mass is 16.4. The van der Waals surface area contributed by atoms with Gasteiger partial charge in [-0.05, 0) is 6.42 Å². The van der Waals surface area contributed by atoms with Crippen molar-refractivity contribution in [2.24, 2.45) is 0 Å². The largest absolute Gasteiger partial charge is 0.480 e. The Kier molecular flexibility index (Phi) is 5.09. The number of hydrogen-bond donors (Lipinski definition) is 2. The van der Waals surface area contributed by atoms with Crippen molar-refractivity contribution < 1.29 is 14.7 Å². The SMILES string of the molecule is CCC(C(=O)O)N(C)C(=O)NCCn1ccnn1. The number of rotatable bonds is 6. The Morgan fingerprint density at radius 3 is 2.78 bits per heavy atom. The molecular formula is C10H17N5O3. The summed E-state index contributed by atoms with van der Waals surface area (Å²) in [5.41, 5.74) is 0. The number of nitrogens with zero attached hydrogens (tertiary/aromatic N) is 4. The van der Waals surface area contributed by atoms with Crippen LogP contribution in [0.3, 0.4) is 0 Å². The number of aliphatic carboxylic acids is 1. The van der Waals surface area contributed by atoms with Crippen LogP contribution in [0, 0.1) is 0 Å². The van der Waals surface area contributed by atoms with Crippen molar-refractivity contribution in [3.8, 4) is 0 Å². The molecule has 8 nitrogen and oxygen atoms in total. The van der Waals surface area contributed by atoms with Gasteiger partial charge in [-0.2, -0.15) is 0 Å². The second-order valence-electron chi connectivity index (χ2n) is 3.77. The Bertz CT molecular complexity index is 392. The minimum Gasteiger partial charge on any atom is -0.480 e. The predicted octanol–water partition coefficient (Wildman–Crippen LogP) is -0.217. The van der Waals surface area contributed by atoms with Crippen molar-refractivity contribution >= 4 is 12.0 Å². The lowest BCUT2D eigenvalue weighted by atomic mass is 10.2. The lowest BCUT2D eigenvalue weighted by molar-refractivity contribution is -0.141. The summed E-state index contributed by atoms with van der Waals surface area (Å²) in [5, 5.41) is 18.9. The van der Waals surface area contributed by atoms with Crippen LogP contribution in [0.4, 0.5) is 4.79 Å². The number of carboxylic acid groups (broad SMARTS) is 1. The molecule has 0 saturated heterocycles. The number of carbonyl (C=O) groups is 2. The van der Waals surface area contributed by atoms with E-state index in [1.54, 1.807) is 24.0 Å². The van der Waals surface area contributed by atoms with Gasteiger partial charge in [-0.3, -0.25) is 4.68 Å². The van der Waals surface area contributed by atoms with Crippen LogP contribution >= 0.6 is 0 Å². The van der Waals surface area contributed by atoms with Crippen LogP contribution in [-0.4, -0.2) is 56.6 Å². The van der Waals surface area contributed by atoms with Crippen molar-refractivity contribution in [1.29, 1.82) is 0 Å². The number of likely N-dealkylation sites (N-methyl/N-ethyl adjacent to an activating group) is 1. The first-order valence-corrected chi connectivity index (χ1v) is 5.63. The smallest absolute Gasteiger partial charge is 0.326 e. The van der Waals surface area contributed by atoms with Gasteiger partial charge >= 0.3 is 12.0 Å². The van der Waals surface area contributed by atoms with Crippen molar-refractivity contribution in [3.05, 3.63) is 12.4 Å². The molecule has 1 heterocycles. The Balaban J connectivity index is 2.37. The molecule has 1 atom stereocenters. The molecule has 2 amide bonds. The molecule has 0 aliphatic carbocycles. The fourth-order valence-corrected chi connectivity index (χ4v) is 1.51. The van der Waals surface area contributed by atoms with E-state index in [-0.39, 0.29) is 0 Å². The zero-order chi connectivity index (χ0) is 13.5. The number of aromatic nitrogens is 3. The predicted molar refractivity (Wildman–Crippen MR) is 62.9 cm³/mol. The Hall–Kier alpha value is -2.12. The second-order valence-corrected chi connectivity index (χ2v) is 3.77. The Morgan fingerprint density at radius 2 is 2.28 bits per heavy atom. The van der Waals surface area contributed by atoms with Crippen LogP contribution in [0.5, 0.6) is 0 Å². The summed E-state index contributed by atoms with van der Waals surface area (Å²) >= 11 is 0. The topological polar surface area (TPSA) is 100 Å². The normalized spacial score (nSPS) is 11.9. The highest BCUT2D eigenvalue weighted by Crippen LogP contribution is 2.01. The Labute approximate surface area is 105 Å². The minimum atomic E-state index is -1.01. The maximum absolute atomic E-state index is 11.7. The van der Waals surface area contributed by atoms with Gasteiger partial charge in [0, 0.05) is 19.8 Å². The molecule has 0 aromatic carbocycles. The first-order valence-electron chi connectivity index (χ1n) is 5.63. The molecule has 0 spiro atoms. The zero-order valence-corrected chi connectivity index (χ0v) is 10.4. The molecule has 0 bridgehead atoms. The fraction of sp³-hybridized carbons (Fsp3) is 0.600. The molecule has 1 unspecified atom stereocenters. The van der Waals surface area contributed by atoms with Gasteiger partial charge in [0.2, 0.25) is 0 Å². The maximum atomic E-state index is 11.7. The highest BCUT2D eigenvalue weighted by molar-refractivity contribution is 5.82. The van der Waals surface area contributed by atoms with E-state index in [1.165, 1.54) is 11.9 Å². The highest BCUT2D eigenvalue weighted by Gasteiger charge is 2.24. The summed E-state index contributed by atoms with van der Waals surface area (Å²) < 4.78 is 1.58. The van der Waals surface area contributed by atoms with E-state index in [4.69, 9.17) is 5.11 Å². The van der Waals surface area contributed by atoms with E-state index in [9.17, 15) is 9.59 Å². The molecule has 1 rings (SSSR count). The van der Waals surface area contributed by atoms with E-state index in [1.807, 2.05) is 0 Å². The maximum Gasteiger partial charge on any atom is 0.326 e. The molecule has 0 aliphatic rings. The molecule has 1 aromatic rings. The Morgan fingerprint density at radius 1 is 1.56 bits per heavy atom. The second kappa shape index (κ2) is 6.58. The van der Waals surface area contributed by atoms with Gasteiger partial charge < -0.3 is 15.3 Å². The van der Waals surface area contributed by atoms with Gasteiger partial charge in [-0.1, -0.05) is 12.1 Å². The zero-order valence-electron chi connectivity index (χ0n) is 10.4. The van der Waals surface area contributed by atoms with E-state index >= 15 is 0 Å². The molecule has 1 aromatic heterocycles. The van der Waals surface area contributed by atoms with E-state index in [0.29, 0.717) is 19.5 Å². The van der Waals surface area contributed by atoms with Crippen LogP contribution in [0.25, 0.3) is 0 Å². The van der Waals surface area contributed by atoms with Gasteiger partial charge in [0.05, 0.1) is 12.7 Å². The number of carbonyl (C=O) groups excluding carboxylic acids is 1. The molecule has 0 aliphatic heterocycles. The average Bonchev–Trinajstić information content (AvgIpc) is 2.82. The standard InChI is InChI=1S/C10H17N5O3/c1-3-8(9(16)17)14(2)10(18)11-4-6-15-7-5-12-13-15/h5,7-8H,3-4,6H2,1-2H3,(H,11,18)(H,16,17). The van der Waals surface area contributed by atoms with Crippen molar-refractivity contribution in [1.82, 2.24) is 25.2 Å². The summed E-state index contributed by atoms with van der Waals surface area (Å²) in [4.78, 5) is 23.8. The first kappa shape index (κ1) is 13.9. The lowest BCUT2D eigenvalue weighted by Crippen LogP contribution is -2.47. The van der Waals surface area contributed by atoms with Gasteiger partial charge in [-0.25, -0.2) is 9.59 Å². The molecule has 0 radical (unpaired) electrons. The van der Waals surface area contributed by atoms with Crippen LogP contribution in [0.1, 0.15) is 13.3 Å². The summed E-state index contributed by atoms with van der Waals surface area (Å²) in [6, 6.07) is -1.22. The summed E-state index contributed by atoms with van der Waals surface area (Å²) in [5.74, 6) is -1.01. The monoisotopic (exact) mass is 255 g/mol. The summed E-state index contributed by atoms with van der Waals surface area (Å²) in [6.45, 7) is 2.57. The lowest BCUT2D eigenvalue weighted by Gasteiger charge is -2.23. The number of urea groups is 1. The third-order valence-electron chi connectivity index (χ3n) is 2.55. The van der Waals surface area contributed by atoms with Crippen LogP contribution < -0.4 is 5.32 Å². The van der Waals surface area contributed by atoms with E-state index in [0.717, 1.165) is 0 Å². The van der Waals surface area contributed by atoms with Gasteiger partial charge in [0.1, 0.15) is 6.04 Å². The fourth-order valence-electron chi connectivity index (χ4n) is 1.51. The van der Waals surface area contributed by atoms with Gasteiger partial charge in [-0.15, -0.1) is 5.10 Å². The molecule has 100 valence electrons. The number of hydrogen-bond acceptors (Lipinski definition) is 4. The van der Waals surface area contributed by atoms with E-state index < -0.39 is 18.0 Å². The number of nitrogens with one attached hydrogen (secondary N) is 1. The molecule has 18 heavy (non-hydrogen) atoms. The van der Waals surface area contributed by atoms with Crippen molar-refractivity contribution in [2.75, 3.05) is 13.6 Å². The summed E-state index contributed by atoms with van der Waals surface area (Å²) in [6.07, 6.45) is 3.59. The number of carboxylic acids is 1. The molecule has 0 saturated carbocycles. The molecular weight excluding hydrogens is 238 g/mol. The van der Waals surface area contributed by atoms with Crippen LogP contribution in [-0.2, 0) is 11.3 Å². The van der Waals surface area contributed by atoms with Crippen molar-refractivity contribution in [2.45, 2.75) is 25.9 Å². The number of amides is 2. The molecule has 2 N–H and O–H groups in total.